The van der Waals surface area contributed by atoms with E-state index in [2.05, 4.69) is 34.0 Å². The fourth-order valence-corrected chi connectivity index (χ4v) is 2.72. The van der Waals surface area contributed by atoms with Gasteiger partial charge in [-0.3, -0.25) is 0 Å². The second-order valence-corrected chi connectivity index (χ2v) is 5.31. The first-order chi connectivity index (χ1) is 9.81. The molecule has 0 radical (unpaired) electrons. The minimum atomic E-state index is 0.169. The first-order valence-electron chi connectivity index (χ1n) is 7.77. The Morgan fingerprint density at radius 1 is 1.35 bits per heavy atom. The molecule has 1 aromatic heterocycles. The Balaban J connectivity index is 2.33. The number of hydrogen-bond donors (Lipinski definition) is 2. The highest BCUT2D eigenvalue weighted by Gasteiger charge is 2.28. The Kier molecular flexibility index (Phi) is 5.59. The largest absolute Gasteiger partial charge is 0.395 e. The van der Waals surface area contributed by atoms with Gasteiger partial charge in [0.05, 0.1) is 6.61 Å². The molecule has 5 heteroatoms. The highest BCUT2D eigenvalue weighted by molar-refractivity contribution is 5.59. The number of anilines is 2. The zero-order chi connectivity index (χ0) is 14.4. The first kappa shape index (κ1) is 15.0. The van der Waals surface area contributed by atoms with Gasteiger partial charge in [-0.15, -0.1) is 0 Å². The molecular weight excluding hydrogens is 252 g/mol. The number of rotatable bonds is 8. The summed E-state index contributed by atoms with van der Waals surface area (Å²) in [6, 6.07) is 0.530. The highest BCUT2D eigenvalue weighted by atomic mass is 16.3. The lowest BCUT2D eigenvalue weighted by atomic mass is 9.91. The lowest BCUT2D eigenvalue weighted by molar-refractivity contribution is 0.282. The standard InChI is InChI=1S/C15H26N4O/c1-3-6-13-14(16-4-2)17-11-18-15(13)19(9-10-20)12-7-5-8-12/h11-12,20H,3-10H2,1-2H3,(H,16,17,18). The van der Waals surface area contributed by atoms with E-state index in [9.17, 15) is 5.11 Å². The quantitative estimate of drug-likeness (QED) is 0.763. The second-order valence-electron chi connectivity index (χ2n) is 5.31. The summed E-state index contributed by atoms with van der Waals surface area (Å²) in [7, 11) is 0. The van der Waals surface area contributed by atoms with Gasteiger partial charge < -0.3 is 15.3 Å². The Bertz CT molecular complexity index is 420. The molecule has 1 heterocycles. The molecule has 1 aromatic rings. The molecule has 2 rings (SSSR count). The molecule has 1 saturated carbocycles. The second kappa shape index (κ2) is 7.43. The van der Waals surface area contributed by atoms with Gasteiger partial charge in [0, 0.05) is 24.7 Å². The van der Waals surface area contributed by atoms with Gasteiger partial charge in [0.25, 0.3) is 0 Å². The third-order valence-corrected chi connectivity index (χ3v) is 3.90. The summed E-state index contributed by atoms with van der Waals surface area (Å²) in [6.45, 7) is 5.93. The van der Waals surface area contributed by atoms with Crippen molar-refractivity contribution in [2.75, 3.05) is 29.9 Å². The molecule has 1 aliphatic rings. The highest BCUT2D eigenvalue weighted by Crippen LogP contribution is 2.32. The molecule has 20 heavy (non-hydrogen) atoms. The van der Waals surface area contributed by atoms with Crippen LogP contribution in [-0.4, -0.2) is 40.8 Å². The van der Waals surface area contributed by atoms with Crippen molar-refractivity contribution in [2.24, 2.45) is 0 Å². The van der Waals surface area contributed by atoms with Gasteiger partial charge in [-0.05, 0) is 32.6 Å². The number of aliphatic hydroxyl groups is 1. The number of nitrogens with one attached hydrogen (secondary N) is 1. The number of aromatic nitrogens is 2. The van der Waals surface area contributed by atoms with Crippen molar-refractivity contribution < 1.29 is 5.11 Å². The molecule has 0 bridgehead atoms. The molecule has 0 aliphatic heterocycles. The normalized spacial score (nSPS) is 14.9. The summed E-state index contributed by atoms with van der Waals surface area (Å²) in [5, 5.41) is 12.7. The van der Waals surface area contributed by atoms with Crippen molar-refractivity contribution in [3.05, 3.63) is 11.9 Å². The van der Waals surface area contributed by atoms with Crippen LogP contribution >= 0.6 is 0 Å². The molecule has 112 valence electrons. The van der Waals surface area contributed by atoms with E-state index >= 15 is 0 Å². The average molecular weight is 278 g/mol. The van der Waals surface area contributed by atoms with E-state index in [0.29, 0.717) is 12.6 Å². The smallest absolute Gasteiger partial charge is 0.137 e. The van der Waals surface area contributed by atoms with Crippen molar-refractivity contribution in [1.82, 2.24) is 9.97 Å². The maximum atomic E-state index is 9.36. The van der Waals surface area contributed by atoms with Gasteiger partial charge in [-0.25, -0.2) is 9.97 Å². The van der Waals surface area contributed by atoms with Gasteiger partial charge in [-0.2, -0.15) is 0 Å². The Morgan fingerprint density at radius 2 is 2.15 bits per heavy atom. The third kappa shape index (κ3) is 3.20. The van der Waals surface area contributed by atoms with E-state index in [1.807, 2.05) is 0 Å². The number of aliphatic hydroxyl groups excluding tert-OH is 1. The molecular formula is C15H26N4O. The molecule has 0 amide bonds. The van der Waals surface area contributed by atoms with Crippen molar-refractivity contribution in [1.29, 1.82) is 0 Å². The predicted molar refractivity (Wildman–Crippen MR) is 82.3 cm³/mol. The number of nitrogens with zero attached hydrogens (tertiary/aromatic N) is 3. The van der Waals surface area contributed by atoms with E-state index in [4.69, 9.17) is 0 Å². The maximum absolute atomic E-state index is 9.36. The fraction of sp³-hybridized carbons (Fsp3) is 0.733. The van der Waals surface area contributed by atoms with Gasteiger partial charge in [0.15, 0.2) is 0 Å². The van der Waals surface area contributed by atoms with E-state index in [0.717, 1.165) is 31.0 Å². The molecule has 0 aromatic carbocycles. The molecule has 1 fully saturated rings. The maximum Gasteiger partial charge on any atom is 0.137 e. The van der Waals surface area contributed by atoms with Crippen molar-refractivity contribution in [3.63, 3.8) is 0 Å². The van der Waals surface area contributed by atoms with Crippen LogP contribution in [0, 0.1) is 0 Å². The zero-order valence-electron chi connectivity index (χ0n) is 12.6. The fourth-order valence-electron chi connectivity index (χ4n) is 2.72. The Labute approximate surface area is 121 Å². The SMILES string of the molecule is CCCc1c(NCC)ncnc1N(CCO)C1CCC1. The number of hydrogen-bond acceptors (Lipinski definition) is 5. The van der Waals surface area contributed by atoms with Crippen LogP contribution in [0.5, 0.6) is 0 Å². The minimum absolute atomic E-state index is 0.169. The van der Waals surface area contributed by atoms with Gasteiger partial charge >= 0.3 is 0 Å². The van der Waals surface area contributed by atoms with E-state index < -0.39 is 0 Å². The van der Waals surface area contributed by atoms with Crippen LogP contribution in [0.2, 0.25) is 0 Å². The zero-order valence-corrected chi connectivity index (χ0v) is 12.6. The summed E-state index contributed by atoms with van der Waals surface area (Å²) < 4.78 is 0. The molecule has 0 spiro atoms. The molecule has 0 saturated heterocycles. The van der Waals surface area contributed by atoms with Gasteiger partial charge in [-0.1, -0.05) is 13.3 Å². The summed E-state index contributed by atoms with van der Waals surface area (Å²) in [6.07, 6.45) is 7.35. The van der Waals surface area contributed by atoms with Crippen LogP contribution in [0.1, 0.15) is 45.1 Å². The summed E-state index contributed by atoms with van der Waals surface area (Å²) in [5.41, 5.74) is 1.19. The van der Waals surface area contributed by atoms with Crippen LogP contribution in [0.4, 0.5) is 11.6 Å². The van der Waals surface area contributed by atoms with Crippen LogP contribution in [0.3, 0.4) is 0 Å². The van der Waals surface area contributed by atoms with E-state index in [1.54, 1.807) is 6.33 Å². The van der Waals surface area contributed by atoms with Crippen molar-refractivity contribution in [2.45, 2.75) is 52.0 Å². The van der Waals surface area contributed by atoms with Crippen LogP contribution in [0.25, 0.3) is 0 Å². The predicted octanol–water partition coefficient (Wildman–Crippen LogP) is 2.21. The lowest BCUT2D eigenvalue weighted by Gasteiger charge is -2.39. The van der Waals surface area contributed by atoms with Crippen LogP contribution in [0.15, 0.2) is 6.33 Å². The van der Waals surface area contributed by atoms with Gasteiger partial charge in [0.1, 0.15) is 18.0 Å². The van der Waals surface area contributed by atoms with Crippen molar-refractivity contribution in [3.8, 4) is 0 Å². The van der Waals surface area contributed by atoms with Crippen LogP contribution < -0.4 is 10.2 Å². The Morgan fingerprint density at radius 3 is 2.70 bits per heavy atom. The molecule has 1 aliphatic carbocycles. The van der Waals surface area contributed by atoms with E-state index in [-0.39, 0.29) is 6.61 Å². The summed E-state index contributed by atoms with van der Waals surface area (Å²) in [4.78, 5) is 11.2. The monoisotopic (exact) mass is 278 g/mol. The first-order valence-corrected chi connectivity index (χ1v) is 7.77. The topological polar surface area (TPSA) is 61.3 Å². The minimum Gasteiger partial charge on any atom is -0.395 e. The Hall–Kier alpha value is -1.36. The van der Waals surface area contributed by atoms with Crippen LogP contribution in [-0.2, 0) is 6.42 Å². The summed E-state index contributed by atoms with van der Waals surface area (Å²) in [5.74, 6) is 1.96. The molecule has 0 unspecified atom stereocenters. The third-order valence-electron chi connectivity index (χ3n) is 3.90. The van der Waals surface area contributed by atoms with Crippen molar-refractivity contribution >= 4 is 11.6 Å². The van der Waals surface area contributed by atoms with E-state index in [1.165, 1.54) is 24.8 Å². The molecule has 0 atom stereocenters. The molecule has 2 N–H and O–H groups in total. The lowest BCUT2D eigenvalue weighted by Crippen LogP contribution is -2.43. The average Bonchev–Trinajstić information content (AvgIpc) is 2.39. The molecule has 5 nitrogen and oxygen atoms in total. The summed E-state index contributed by atoms with van der Waals surface area (Å²) >= 11 is 0. The van der Waals surface area contributed by atoms with Gasteiger partial charge in [0.2, 0.25) is 0 Å².